The molecule has 0 N–H and O–H groups in total. The molecule has 0 aromatic heterocycles. The molecule has 1 heterocycles. The summed E-state index contributed by atoms with van der Waals surface area (Å²) in [7, 11) is 0. The molecule has 0 aliphatic carbocycles. The summed E-state index contributed by atoms with van der Waals surface area (Å²) >= 11 is 6.03. The first-order chi connectivity index (χ1) is 7.49. The van der Waals surface area contributed by atoms with E-state index in [0.717, 1.165) is 16.8 Å². The Kier molecular flexibility index (Phi) is 2.94. The Morgan fingerprint density at radius 2 is 1.81 bits per heavy atom. The summed E-state index contributed by atoms with van der Waals surface area (Å²) in [6, 6.07) is 4.22. The van der Waals surface area contributed by atoms with Crippen LogP contribution in [0.5, 0.6) is 0 Å². The van der Waals surface area contributed by atoms with Gasteiger partial charge in [-0.2, -0.15) is 0 Å². The lowest BCUT2D eigenvalue weighted by Crippen LogP contribution is -2.26. The molecule has 1 aromatic rings. The molecule has 1 aliphatic heterocycles. The Bertz CT molecular complexity index is 419. The third-order valence-electron chi connectivity index (χ3n) is 2.98. The molecular formula is C13H16ClNO. The van der Waals surface area contributed by atoms with Crippen molar-refractivity contribution < 1.29 is 4.79 Å². The maximum absolute atomic E-state index is 11.8. The molecule has 1 aliphatic rings. The van der Waals surface area contributed by atoms with Crippen molar-refractivity contribution in [2.75, 3.05) is 11.4 Å². The zero-order chi connectivity index (χ0) is 11.9. The summed E-state index contributed by atoms with van der Waals surface area (Å²) in [5, 5.41) is -0.0485. The van der Waals surface area contributed by atoms with E-state index in [4.69, 9.17) is 11.6 Å². The maximum atomic E-state index is 11.8. The SMILES string of the molecule is Cc1cc(C)c(N2CC(Cl)CC2=O)c(C)c1. The van der Waals surface area contributed by atoms with E-state index in [2.05, 4.69) is 19.1 Å². The summed E-state index contributed by atoms with van der Waals surface area (Å²) in [6.45, 7) is 6.79. The van der Waals surface area contributed by atoms with Crippen LogP contribution >= 0.6 is 11.6 Å². The van der Waals surface area contributed by atoms with Crippen molar-refractivity contribution >= 4 is 23.2 Å². The number of anilines is 1. The number of aryl methyl sites for hydroxylation is 3. The molecule has 2 nitrogen and oxygen atoms in total. The standard InChI is InChI=1S/C13H16ClNO/c1-8-4-9(2)13(10(3)5-8)15-7-11(14)6-12(15)16/h4-5,11H,6-7H2,1-3H3. The molecule has 1 saturated heterocycles. The molecule has 3 heteroatoms. The van der Waals surface area contributed by atoms with Crippen LogP contribution in [-0.4, -0.2) is 17.8 Å². The number of carbonyl (C=O) groups is 1. The van der Waals surface area contributed by atoms with Gasteiger partial charge in [-0.3, -0.25) is 4.79 Å². The molecule has 16 heavy (non-hydrogen) atoms. The normalized spacial score (nSPS) is 20.6. The van der Waals surface area contributed by atoms with Gasteiger partial charge in [-0.15, -0.1) is 11.6 Å². The first-order valence-corrected chi connectivity index (χ1v) is 5.95. The van der Waals surface area contributed by atoms with Crippen molar-refractivity contribution in [3.63, 3.8) is 0 Å². The van der Waals surface area contributed by atoms with E-state index in [9.17, 15) is 4.79 Å². The average molecular weight is 238 g/mol. The fourth-order valence-corrected chi connectivity index (χ4v) is 2.75. The average Bonchev–Trinajstić information content (AvgIpc) is 2.43. The lowest BCUT2D eigenvalue weighted by Gasteiger charge is -2.21. The van der Waals surface area contributed by atoms with Crippen molar-refractivity contribution in [1.29, 1.82) is 0 Å². The molecule has 1 fully saturated rings. The number of halogens is 1. The van der Waals surface area contributed by atoms with Crippen molar-refractivity contribution in [3.8, 4) is 0 Å². The van der Waals surface area contributed by atoms with Crippen LogP contribution in [0.2, 0.25) is 0 Å². The number of alkyl halides is 1. The Labute approximate surface area is 101 Å². The highest BCUT2D eigenvalue weighted by molar-refractivity contribution is 6.24. The van der Waals surface area contributed by atoms with Crippen LogP contribution in [0.25, 0.3) is 0 Å². The first-order valence-electron chi connectivity index (χ1n) is 5.51. The minimum Gasteiger partial charge on any atom is -0.310 e. The van der Waals surface area contributed by atoms with Gasteiger partial charge in [0.05, 0.1) is 5.38 Å². The molecule has 0 radical (unpaired) electrons. The first kappa shape index (κ1) is 11.5. The summed E-state index contributed by atoms with van der Waals surface area (Å²) in [6.07, 6.45) is 0.453. The van der Waals surface area contributed by atoms with Gasteiger partial charge in [0.15, 0.2) is 0 Å². The zero-order valence-electron chi connectivity index (χ0n) is 9.88. The Balaban J connectivity index is 2.44. The molecule has 1 amide bonds. The molecule has 1 aromatic carbocycles. The third kappa shape index (κ3) is 1.94. The zero-order valence-corrected chi connectivity index (χ0v) is 10.6. The van der Waals surface area contributed by atoms with Gasteiger partial charge in [-0.25, -0.2) is 0 Å². The van der Waals surface area contributed by atoms with Crippen LogP contribution in [0.15, 0.2) is 12.1 Å². The molecule has 0 bridgehead atoms. The smallest absolute Gasteiger partial charge is 0.228 e. The molecule has 0 spiro atoms. The van der Waals surface area contributed by atoms with Gasteiger partial charge >= 0.3 is 0 Å². The predicted octanol–water partition coefficient (Wildman–Crippen LogP) is 2.96. The van der Waals surface area contributed by atoms with Gasteiger partial charge in [-0.1, -0.05) is 17.7 Å². The predicted molar refractivity (Wildman–Crippen MR) is 67.3 cm³/mol. The maximum Gasteiger partial charge on any atom is 0.228 e. The molecular weight excluding hydrogens is 222 g/mol. The Hall–Kier alpha value is -1.02. The summed E-state index contributed by atoms with van der Waals surface area (Å²) in [4.78, 5) is 13.6. The lowest BCUT2D eigenvalue weighted by atomic mass is 10.0. The molecule has 0 saturated carbocycles. The van der Waals surface area contributed by atoms with Crippen LogP contribution in [-0.2, 0) is 4.79 Å². The van der Waals surface area contributed by atoms with Gasteiger partial charge in [0.25, 0.3) is 0 Å². The van der Waals surface area contributed by atoms with E-state index in [0.29, 0.717) is 13.0 Å². The Morgan fingerprint density at radius 3 is 2.25 bits per heavy atom. The van der Waals surface area contributed by atoms with Crippen LogP contribution < -0.4 is 4.90 Å². The second-order valence-corrected chi connectivity index (χ2v) is 5.17. The third-order valence-corrected chi connectivity index (χ3v) is 3.28. The number of benzene rings is 1. The Morgan fingerprint density at radius 1 is 1.25 bits per heavy atom. The van der Waals surface area contributed by atoms with Crippen molar-refractivity contribution in [2.45, 2.75) is 32.6 Å². The highest BCUT2D eigenvalue weighted by Crippen LogP contribution is 2.31. The molecule has 2 rings (SSSR count). The van der Waals surface area contributed by atoms with E-state index < -0.39 is 0 Å². The van der Waals surface area contributed by atoms with E-state index in [-0.39, 0.29) is 11.3 Å². The molecule has 86 valence electrons. The quantitative estimate of drug-likeness (QED) is 0.688. The van der Waals surface area contributed by atoms with Crippen LogP contribution in [0.1, 0.15) is 23.1 Å². The van der Waals surface area contributed by atoms with Crippen molar-refractivity contribution in [3.05, 3.63) is 28.8 Å². The number of nitrogens with zero attached hydrogens (tertiary/aromatic N) is 1. The summed E-state index contributed by atoms with van der Waals surface area (Å²) < 4.78 is 0. The van der Waals surface area contributed by atoms with Crippen molar-refractivity contribution in [2.24, 2.45) is 0 Å². The van der Waals surface area contributed by atoms with E-state index in [1.165, 1.54) is 5.56 Å². The van der Waals surface area contributed by atoms with E-state index in [1.807, 2.05) is 18.7 Å². The monoisotopic (exact) mass is 237 g/mol. The van der Waals surface area contributed by atoms with Gasteiger partial charge < -0.3 is 4.90 Å². The van der Waals surface area contributed by atoms with Crippen molar-refractivity contribution in [1.82, 2.24) is 0 Å². The van der Waals surface area contributed by atoms with Gasteiger partial charge in [0, 0.05) is 18.7 Å². The number of carbonyl (C=O) groups excluding carboxylic acids is 1. The highest BCUT2D eigenvalue weighted by atomic mass is 35.5. The number of hydrogen-bond donors (Lipinski definition) is 0. The molecule has 1 atom stereocenters. The minimum atomic E-state index is -0.0485. The summed E-state index contributed by atoms with van der Waals surface area (Å²) in [5.74, 6) is 0.134. The second-order valence-electron chi connectivity index (χ2n) is 4.55. The largest absolute Gasteiger partial charge is 0.310 e. The highest BCUT2D eigenvalue weighted by Gasteiger charge is 2.30. The van der Waals surface area contributed by atoms with Crippen LogP contribution in [0.4, 0.5) is 5.69 Å². The molecule has 1 unspecified atom stereocenters. The van der Waals surface area contributed by atoms with E-state index >= 15 is 0 Å². The van der Waals surface area contributed by atoms with E-state index in [1.54, 1.807) is 0 Å². The van der Waals surface area contributed by atoms with Crippen LogP contribution in [0.3, 0.4) is 0 Å². The second kappa shape index (κ2) is 4.10. The number of rotatable bonds is 1. The lowest BCUT2D eigenvalue weighted by molar-refractivity contribution is -0.117. The fourth-order valence-electron chi connectivity index (χ4n) is 2.48. The number of hydrogen-bond acceptors (Lipinski definition) is 1. The topological polar surface area (TPSA) is 20.3 Å². The van der Waals surface area contributed by atoms with Gasteiger partial charge in [0.2, 0.25) is 5.91 Å². The summed E-state index contributed by atoms with van der Waals surface area (Å²) in [5.41, 5.74) is 4.57. The number of amides is 1. The van der Waals surface area contributed by atoms with Crippen LogP contribution in [0, 0.1) is 20.8 Å². The van der Waals surface area contributed by atoms with Gasteiger partial charge in [-0.05, 0) is 31.9 Å². The fraction of sp³-hybridized carbons (Fsp3) is 0.462. The minimum absolute atomic E-state index is 0.0485. The van der Waals surface area contributed by atoms with Gasteiger partial charge in [0.1, 0.15) is 0 Å².